The van der Waals surface area contributed by atoms with Crippen LogP contribution in [0, 0.1) is 5.92 Å². The van der Waals surface area contributed by atoms with Crippen LogP contribution in [-0.2, 0) is 13.6 Å². The molecule has 1 aromatic heterocycles. The van der Waals surface area contributed by atoms with E-state index in [9.17, 15) is 0 Å². The van der Waals surface area contributed by atoms with Crippen LogP contribution in [0.2, 0.25) is 0 Å². The summed E-state index contributed by atoms with van der Waals surface area (Å²) >= 11 is 1.83. The minimum Gasteiger partial charge on any atom is -0.361 e. The molecular formula is C12H20N4S. The fourth-order valence-corrected chi connectivity index (χ4v) is 2.93. The molecule has 4 nitrogen and oxygen atoms in total. The van der Waals surface area contributed by atoms with Crippen LogP contribution in [0.4, 0.5) is 0 Å². The van der Waals surface area contributed by atoms with E-state index in [0.717, 1.165) is 28.9 Å². The molecule has 1 aliphatic heterocycles. The van der Waals surface area contributed by atoms with E-state index in [4.69, 9.17) is 0 Å². The molecule has 0 aromatic carbocycles. The Labute approximate surface area is 107 Å². The zero-order valence-electron chi connectivity index (χ0n) is 10.7. The van der Waals surface area contributed by atoms with Crippen LogP contribution in [0.5, 0.6) is 0 Å². The van der Waals surface area contributed by atoms with E-state index in [-0.39, 0.29) is 0 Å². The molecule has 1 saturated heterocycles. The first-order valence-corrected chi connectivity index (χ1v) is 7.03. The molecule has 17 heavy (non-hydrogen) atoms. The molecule has 2 heterocycles. The van der Waals surface area contributed by atoms with Crippen LogP contribution in [-0.4, -0.2) is 26.7 Å². The highest BCUT2D eigenvalue weighted by Gasteiger charge is 2.20. The lowest BCUT2D eigenvalue weighted by molar-refractivity contribution is 0.502. The number of aryl methyl sites for hydroxylation is 1. The van der Waals surface area contributed by atoms with E-state index in [2.05, 4.69) is 29.3 Å². The fourth-order valence-electron chi connectivity index (χ4n) is 1.94. The van der Waals surface area contributed by atoms with Crippen LogP contribution in [0.1, 0.15) is 25.8 Å². The standard InChI is InChI=1S/C12H20N4S/c1-9(2)4-11-8-17-12(15-11)13-5-10-6-14-16(3)7-10/h6-7,9,11H,4-5,8H2,1-3H3,(H,13,15). The number of hydrogen-bond donors (Lipinski definition) is 1. The van der Waals surface area contributed by atoms with Crippen molar-refractivity contribution in [2.45, 2.75) is 32.9 Å². The topological polar surface area (TPSA) is 42.2 Å². The highest BCUT2D eigenvalue weighted by atomic mass is 32.2. The Bertz CT molecular complexity index is 397. The van der Waals surface area contributed by atoms with E-state index in [1.807, 2.05) is 35.9 Å². The van der Waals surface area contributed by atoms with Gasteiger partial charge in [-0.25, -0.2) is 0 Å². The number of aromatic nitrogens is 2. The Kier molecular flexibility index (Phi) is 4.10. The van der Waals surface area contributed by atoms with E-state index in [0.29, 0.717) is 6.04 Å². The molecule has 1 unspecified atom stereocenters. The third-order valence-electron chi connectivity index (χ3n) is 2.67. The summed E-state index contributed by atoms with van der Waals surface area (Å²) in [6, 6.07) is 0.590. The highest BCUT2D eigenvalue weighted by Crippen LogP contribution is 2.19. The predicted molar refractivity (Wildman–Crippen MR) is 73.2 cm³/mol. The van der Waals surface area contributed by atoms with Gasteiger partial charge >= 0.3 is 0 Å². The van der Waals surface area contributed by atoms with Crippen molar-refractivity contribution in [1.82, 2.24) is 15.1 Å². The first-order chi connectivity index (χ1) is 8.13. The summed E-state index contributed by atoms with van der Waals surface area (Å²) in [7, 11) is 1.93. The summed E-state index contributed by atoms with van der Waals surface area (Å²) in [6.45, 7) is 5.24. The number of thioether (sulfide) groups is 1. The third kappa shape index (κ3) is 3.77. The second-order valence-corrected chi connectivity index (χ2v) is 5.93. The molecule has 1 aromatic rings. The minimum atomic E-state index is 0.590. The SMILES string of the molecule is CC(C)CC1CSC(=NCc2cnn(C)c2)N1. The fraction of sp³-hybridized carbons (Fsp3) is 0.667. The quantitative estimate of drug-likeness (QED) is 0.891. The molecule has 0 saturated carbocycles. The van der Waals surface area contributed by atoms with Gasteiger partial charge in [-0.15, -0.1) is 0 Å². The van der Waals surface area contributed by atoms with Gasteiger partial charge in [0.25, 0.3) is 0 Å². The molecule has 1 aliphatic rings. The second-order valence-electron chi connectivity index (χ2n) is 4.93. The maximum absolute atomic E-state index is 4.58. The summed E-state index contributed by atoms with van der Waals surface area (Å²) in [4.78, 5) is 4.58. The summed E-state index contributed by atoms with van der Waals surface area (Å²) in [6.07, 6.45) is 5.10. The van der Waals surface area contributed by atoms with Crippen LogP contribution >= 0.6 is 11.8 Å². The molecule has 1 atom stereocenters. The van der Waals surface area contributed by atoms with E-state index >= 15 is 0 Å². The monoisotopic (exact) mass is 252 g/mol. The molecule has 0 radical (unpaired) electrons. The smallest absolute Gasteiger partial charge is 0.157 e. The van der Waals surface area contributed by atoms with Gasteiger partial charge in [-0.2, -0.15) is 5.10 Å². The van der Waals surface area contributed by atoms with Gasteiger partial charge in [-0.3, -0.25) is 9.67 Å². The maximum atomic E-state index is 4.58. The number of rotatable bonds is 4. The van der Waals surface area contributed by atoms with Crippen molar-refractivity contribution in [1.29, 1.82) is 0 Å². The van der Waals surface area contributed by atoms with Gasteiger partial charge < -0.3 is 5.32 Å². The van der Waals surface area contributed by atoms with Crippen molar-refractivity contribution in [3.05, 3.63) is 18.0 Å². The Morgan fingerprint density at radius 2 is 2.47 bits per heavy atom. The van der Waals surface area contributed by atoms with Gasteiger partial charge in [-0.1, -0.05) is 25.6 Å². The molecular weight excluding hydrogens is 232 g/mol. The van der Waals surface area contributed by atoms with Crippen LogP contribution < -0.4 is 5.32 Å². The normalized spacial score (nSPS) is 22.4. The average molecular weight is 252 g/mol. The summed E-state index contributed by atoms with van der Waals surface area (Å²) < 4.78 is 1.81. The molecule has 5 heteroatoms. The zero-order valence-corrected chi connectivity index (χ0v) is 11.5. The Hall–Kier alpha value is -0.970. The molecule has 0 spiro atoms. The predicted octanol–water partition coefficient (Wildman–Crippen LogP) is 2.03. The summed E-state index contributed by atoms with van der Waals surface area (Å²) in [5, 5.41) is 8.70. The molecule has 0 bridgehead atoms. The molecule has 1 fully saturated rings. The van der Waals surface area contributed by atoms with E-state index in [1.54, 1.807) is 0 Å². The summed E-state index contributed by atoms with van der Waals surface area (Å²) in [5.41, 5.74) is 1.16. The largest absolute Gasteiger partial charge is 0.361 e. The Morgan fingerprint density at radius 1 is 1.65 bits per heavy atom. The van der Waals surface area contributed by atoms with Crippen molar-refractivity contribution in [3.8, 4) is 0 Å². The number of aliphatic imine (C=N–C) groups is 1. The lowest BCUT2D eigenvalue weighted by atomic mass is 10.1. The first-order valence-electron chi connectivity index (χ1n) is 6.05. The van der Waals surface area contributed by atoms with Gasteiger partial charge in [-0.05, 0) is 12.3 Å². The van der Waals surface area contributed by atoms with E-state index < -0.39 is 0 Å². The summed E-state index contributed by atoms with van der Waals surface area (Å²) in [5.74, 6) is 1.88. The Morgan fingerprint density at radius 3 is 3.12 bits per heavy atom. The van der Waals surface area contributed by atoms with Crippen molar-refractivity contribution in [2.24, 2.45) is 18.0 Å². The van der Waals surface area contributed by atoms with Crippen LogP contribution in [0.25, 0.3) is 0 Å². The van der Waals surface area contributed by atoms with Gasteiger partial charge in [0.05, 0.1) is 12.7 Å². The number of hydrogen-bond acceptors (Lipinski definition) is 3. The lowest BCUT2D eigenvalue weighted by Gasteiger charge is -2.11. The van der Waals surface area contributed by atoms with Gasteiger partial charge in [0, 0.05) is 30.6 Å². The van der Waals surface area contributed by atoms with Gasteiger partial charge in [0.2, 0.25) is 0 Å². The Balaban J connectivity index is 1.83. The van der Waals surface area contributed by atoms with Crippen LogP contribution in [0.15, 0.2) is 17.4 Å². The molecule has 0 amide bonds. The lowest BCUT2D eigenvalue weighted by Crippen LogP contribution is -2.28. The first kappa shape index (κ1) is 12.5. The van der Waals surface area contributed by atoms with Crippen molar-refractivity contribution < 1.29 is 0 Å². The van der Waals surface area contributed by atoms with Crippen LogP contribution in [0.3, 0.4) is 0 Å². The van der Waals surface area contributed by atoms with Gasteiger partial charge in [0.15, 0.2) is 5.17 Å². The second kappa shape index (κ2) is 5.58. The average Bonchev–Trinajstić information content (AvgIpc) is 2.84. The highest BCUT2D eigenvalue weighted by molar-refractivity contribution is 8.14. The molecule has 0 aliphatic carbocycles. The number of nitrogens with zero attached hydrogens (tertiary/aromatic N) is 3. The van der Waals surface area contributed by atoms with Crippen molar-refractivity contribution in [2.75, 3.05) is 5.75 Å². The number of amidine groups is 1. The molecule has 2 rings (SSSR count). The van der Waals surface area contributed by atoms with Crippen molar-refractivity contribution >= 4 is 16.9 Å². The maximum Gasteiger partial charge on any atom is 0.157 e. The van der Waals surface area contributed by atoms with Crippen molar-refractivity contribution in [3.63, 3.8) is 0 Å². The van der Waals surface area contributed by atoms with E-state index in [1.165, 1.54) is 6.42 Å². The third-order valence-corrected chi connectivity index (χ3v) is 3.76. The minimum absolute atomic E-state index is 0.590. The number of nitrogens with one attached hydrogen (secondary N) is 1. The zero-order chi connectivity index (χ0) is 12.3. The molecule has 1 N–H and O–H groups in total. The van der Waals surface area contributed by atoms with Gasteiger partial charge in [0.1, 0.15) is 0 Å². The molecule has 94 valence electrons.